The van der Waals surface area contributed by atoms with Crippen molar-refractivity contribution in [2.24, 2.45) is 13.0 Å². The van der Waals surface area contributed by atoms with E-state index in [-0.39, 0.29) is 18.0 Å². The fraction of sp³-hybridized carbons (Fsp3) is 0.471. The molecule has 2 heterocycles. The van der Waals surface area contributed by atoms with Gasteiger partial charge in [0.25, 0.3) is 5.56 Å². The average Bonchev–Trinajstić information content (AvgIpc) is 2.56. The van der Waals surface area contributed by atoms with Crippen LogP contribution in [0.4, 0.5) is 0 Å². The first kappa shape index (κ1) is 15.5. The van der Waals surface area contributed by atoms with Crippen molar-refractivity contribution in [2.75, 3.05) is 13.1 Å². The standard InChI is InChI=1S/C17H21N3O3/c1-12-6-5-9-19(10-12)15(21)11-20-14-8-4-3-7-13(14)16(22)18(2)17(20)23/h3-4,7-8,12H,5-6,9-11H2,1-2H3. The molecule has 2 aromatic rings. The van der Waals surface area contributed by atoms with Crippen molar-refractivity contribution in [1.82, 2.24) is 14.0 Å². The van der Waals surface area contributed by atoms with E-state index >= 15 is 0 Å². The van der Waals surface area contributed by atoms with Gasteiger partial charge in [0.05, 0.1) is 10.9 Å². The SMILES string of the molecule is CC1CCCN(C(=O)Cn2c(=O)n(C)c(=O)c3ccccc32)C1. The Morgan fingerprint density at radius 3 is 2.74 bits per heavy atom. The van der Waals surface area contributed by atoms with Gasteiger partial charge in [0, 0.05) is 20.1 Å². The number of carbonyl (C=O) groups excluding carboxylic acids is 1. The fourth-order valence-electron chi connectivity index (χ4n) is 3.25. The Balaban J connectivity index is 2.01. The van der Waals surface area contributed by atoms with Crippen LogP contribution in [0.3, 0.4) is 0 Å². The van der Waals surface area contributed by atoms with Gasteiger partial charge in [0.1, 0.15) is 6.54 Å². The van der Waals surface area contributed by atoms with E-state index < -0.39 is 5.69 Å². The molecule has 6 nitrogen and oxygen atoms in total. The number of carbonyl (C=O) groups is 1. The van der Waals surface area contributed by atoms with Crippen LogP contribution in [0.1, 0.15) is 19.8 Å². The first-order valence-electron chi connectivity index (χ1n) is 7.95. The second-order valence-electron chi connectivity index (χ2n) is 6.34. The highest BCUT2D eigenvalue weighted by atomic mass is 16.2. The minimum atomic E-state index is -0.452. The van der Waals surface area contributed by atoms with Crippen LogP contribution >= 0.6 is 0 Å². The van der Waals surface area contributed by atoms with Crippen LogP contribution in [0, 0.1) is 5.92 Å². The number of likely N-dealkylation sites (tertiary alicyclic amines) is 1. The number of amides is 1. The third-order valence-corrected chi connectivity index (χ3v) is 4.55. The Morgan fingerprint density at radius 1 is 1.26 bits per heavy atom. The molecule has 0 aliphatic carbocycles. The van der Waals surface area contributed by atoms with E-state index in [1.807, 2.05) is 4.90 Å². The molecule has 1 saturated heterocycles. The monoisotopic (exact) mass is 315 g/mol. The Hall–Kier alpha value is -2.37. The molecule has 122 valence electrons. The van der Waals surface area contributed by atoms with Gasteiger partial charge < -0.3 is 4.90 Å². The summed E-state index contributed by atoms with van der Waals surface area (Å²) in [4.78, 5) is 39.0. The summed E-state index contributed by atoms with van der Waals surface area (Å²) in [7, 11) is 1.45. The number of nitrogens with zero attached hydrogens (tertiary/aromatic N) is 3. The minimum absolute atomic E-state index is 0.0276. The zero-order chi connectivity index (χ0) is 16.6. The molecule has 1 aromatic carbocycles. The van der Waals surface area contributed by atoms with Crippen molar-refractivity contribution in [2.45, 2.75) is 26.3 Å². The number of hydrogen-bond acceptors (Lipinski definition) is 3. The summed E-state index contributed by atoms with van der Waals surface area (Å²) in [6, 6.07) is 6.92. The molecule has 1 aliphatic heterocycles. The first-order chi connectivity index (χ1) is 11.0. The van der Waals surface area contributed by atoms with Crippen molar-refractivity contribution in [3.63, 3.8) is 0 Å². The molecule has 0 bridgehead atoms. The molecule has 1 fully saturated rings. The molecule has 1 unspecified atom stereocenters. The quantitative estimate of drug-likeness (QED) is 0.829. The molecule has 0 radical (unpaired) electrons. The van der Waals surface area contributed by atoms with E-state index in [4.69, 9.17) is 0 Å². The minimum Gasteiger partial charge on any atom is -0.341 e. The van der Waals surface area contributed by atoms with Crippen LogP contribution in [-0.4, -0.2) is 33.0 Å². The lowest BCUT2D eigenvalue weighted by molar-refractivity contribution is -0.133. The summed E-state index contributed by atoms with van der Waals surface area (Å²) < 4.78 is 2.47. The molecule has 6 heteroatoms. The molecular weight excluding hydrogens is 294 g/mol. The summed E-state index contributed by atoms with van der Waals surface area (Å²) in [5.41, 5.74) is -0.271. The predicted octanol–water partition coefficient (Wildman–Crippen LogP) is 0.959. The number of fused-ring (bicyclic) bond motifs is 1. The maximum Gasteiger partial charge on any atom is 0.331 e. The summed E-state index contributed by atoms with van der Waals surface area (Å²) in [5.74, 6) is 0.420. The number of hydrogen-bond donors (Lipinski definition) is 0. The van der Waals surface area contributed by atoms with Crippen molar-refractivity contribution in [1.29, 1.82) is 0 Å². The van der Waals surface area contributed by atoms with Crippen molar-refractivity contribution in [3.05, 3.63) is 45.1 Å². The molecule has 1 amide bonds. The van der Waals surface area contributed by atoms with Gasteiger partial charge >= 0.3 is 5.69 Å². The largest absolute Gasteiger partial charge is 0.341 e. The number of rotatable bonds is 2. The van der Waals surface area contributed by atoms with Gasteiger partial charge in [0.15, 0.2) is 0 Å². The Morgan fingerprint density at radius 2 is 2.00 bits per heavy atom. The Kier molecular flexibility index (Phi) is 4.07. The van der Waals surface area contributed by atoms with Gasteiger partial charge in [-0.05, 0) is 30.9 Å². The zero-order valence-corrected chi connectivity index (χ0v) is 13.5. The second-order valence-corrected chi connectivity index (χ2v) is 6.34. The lowest BCUT2D eigenvalue weighted by Crippen LogP contribution is -2.44. The predicted molar refractivity (Wildman–Crippen MR) is 88.4 cm³/mol. The molecule has 1 aromatic heterocycles. The fourth-order valence-corrected chi connectivity index (χ4v) is 3.25. The molecule has 1 aliphatic rings. The van der Waals surface area contributed by atoms with E-state index in [1.165, 1.54) is 11.6 Å². The van der Waals surface area contributed by atoms with Gasteiger partial charge in [-0.2, -0.15) is 0 Å². The highest BCUT2D eigenvalue weighted by molar-refractivity contribution is 5.81. The van der Waals surface area contributed by atoms with Crippen molar-refractivity contribution in [3.8, 4) is 0 Å². The van der Waals surface area contributed by atoms with Crippen LogP contribution in [0.5, 0.6) is 0 Å². The Bertz CT molecular complexity index is 865. The molecule has 23 heavy (non-hydrogen) atoms. The number of aromatic nitrogens is 2. The molecule has 0 spiro atoms. The topological polar surface area (TPSA) is 64.3 Å². The number of benzene rings is 1. The van der Waals surface area contributed by atoms with Crippen LogP contribution in [0.2, 0.25) is 0 Å². The smallest absolute Gasteiger partial charge is 0.331 e. The average molecular weight is 315 g/mol. The van der Waals surface area contributed by atoms with E-state index in [1.54, 1.807) is 24.3 Å². The highest BCUT2D eigenvalue weighted by Gasteiger charge is 2.22. The maximum absolute atomic E-state index is 12.6. The molecule has 3 rings (SSSR count). The molecule has 0 N–H and O–H groups in total. The van der Waals surface area contributed by atoms with E-state index in [2.05, 4.69) is 6.92 Å². The second kappa shape index (κ2) is 6.02. The lowest BCUT2D eigenvalue weighted by Gasteiger charge is -2.31. The van der Waals surface area contributed by atoms with Gasteiger partial charge in [-0.3, -0.25) is 18.7 Å². The van der Waals surface area contributed by atoms with Crippen molar-refractivity contribution >= 4 is 16.8 Å². The molecular formula is C17H21N3O3. The normalized spacial score (nSPS) is 18.3. The third kappa shape index (κ3) is 2.81. The molecule has 1 atom stereocenters. The lowest BCUT2D eigenvalue weighted by atomic mass is 10.0. The Labute approximate surface area is 133 Å². The molecule has 0 saturated carbocycles. The van der Waals surface area contributed by atoms with Crippen LogP contribution in [0.15, 0.2) is 33.9 Å². The summed E-state index contributed by atoms with van der Waals surface area (Å²) in [5, 5.41) is 0.453. The number of piperidine rings is 1. The van der Waals surface area contributed by atoms with E-state index in [0.717, 1.165) is 30.5 Å². The third-order valence-electron chi connectivity index (χ3n) is 4.55. The summed E-state index contributed by atoms with van der Waals surface area (Å²) in [6.45, 7) is 3.58. The summed E-state index contributed by atoms with van der Waals surface area (Å²) in [6.07, 6.45) is 2.13. The zero-order valence-electron chi connectivity index (χ0n) is 13.5. The van der Waals surface area contributed by atoms with Gasteiger partial charge in [0.2, 0.25) is 5.91 Å². The van der Waals surface area contributed by atoms with Crippen LogP contribution in [0.25, 0.3) is 10.9 Å². The van der Waals surface area contributed by atoms with Crippen LogP contribution in [-0.2, 0) is 18.4 Å². The number of para-hydroxylation sites is 1. The summed E-state index contributed by atoms with van der Waals surface area (Å²) >= 11 is 0. The van der Waals surface area contributed by atoms with Crippen LogP contribution < -0.4 is 11.2 Å². The van der Waals surface area contributed by atoms with Gasteiger partial charge in [-0.25, -0.2) is 4.79 Å². The van der Waals surface area contributed by atoms with Crippen molar-refractivity contribution < 1.29 is 4.79 Å². The van der Waals surface area contributed by atoms with Gasteiger partial charge in [-0.1, -0.05) is 19.1 Å². The van der Waals surface area contributed by atoms with E-state index in [9.17, 15) is 14.4 Å². The van der Waals surface area contributed by atoms with Gasteiger partial charge in [-0.15, -0.1) is 0 Å². The van der Waals surface area contributed by atoms with E-state index in [0.29, 0.717) is 16.8 Å². The maximum atomic E-state index is 12.6. The highest BCUT2D eigenvalue weighted by Crippen LogP contribution is 2.16. The first-order valence-corrected chi connectivity index (χ1v) is 7.95.